The number of rotatable bonds is 8. The molecule has 0 atom stereocenters. The first-order valence-electron chi connectivity index (χ1n) is 8.46. The molecule has 0 saturated heterocycles. The van der Waals surface area contributed by atoms with E-state index in [2.05, 4.69) is 14.6 Å². The summed E-state index contributed by atoms with van der Waals surface area (Å²) in [5.41, 5.74) is 2.06. The molecule has 3 rings (SSSR count). The van der Waals surface area contributed by atoms with Gasteiger partial charge in [0.25, 0.3) is 0 Å². The lowest BCUT2D eigenvalue weighted by atomic mass is 10.1. The van der Waals surface area contributed by atoms with E-state index in [1.807, 2.05) is 36.5 Å². The Kier molecular flexibility index (Phi) is 5.84. The molecule has 2 aromatic carbocycles. The molecule has 0 aliphatic rings. The van der Waals surface area contributed by atoms with Crippen molar-refractivity contribution in [1.29, 1.82) is 0 Å². The third-order valence-electron chi connectivity index (χ3n) is 4.14. The average Bonchev–Trinajstić information content (AvgIpc) is 3.04. The van der Waals surface area contributed by atoms with Crippen LogP contribution in [0, 0.1) is 0 Å². The highest BCUT2D eigenvalue weighted by atomic mass is 19.3. The molecular weight excluding hydrogens is 338 g/mol. The van der Waals surface area contributed by atoms with Crippen LogP contribution in [0.5, 0.6) is 5.75 Å². The van der Waals surface area contributed by atoms with Crippen molar-refractivity contribution in [2.45, 2.75) is 26.0 Å². The van der Waals surface area contributed by atoms with Gasteiger partial charge in [-0.25, -0.2) is 0 Å². The van der Waals surface area contributed by atoms with Gasteiger partial charge in [0, 0.05) is 31.2 Å². The van der Waals surface area contributed by atoms with Gasteiger partial charge in [-0.2, -0.15) is 8.78 Å². The maximum Gasteiger partial charge on any atom is 0.387 e. The van der Waals surface area contributed by atoms with E-state index in [0.717, 1.165) is 16.5 Å². The normalized spacial score (nSPS) is 11.0. The number of ether oxygens (including phenoxy) is 1. The number of aryl methyl sites for hydroxylation is 1. The number of carbonyl (C=O) groups is 1. The number of nitrogens with one attached hydrogen (secondary N) is 1. The Hall–Kier alpha value is -2.89. The Balaban J connectivity index is 1.41. The molecule has 1 N–H and O–H groups in total. The minimum atomic E-state index is -2.82. The number of carbonyl (C=O) groups excluding carboxylic acids is 1. The summed E-state index contributed by atoms with van der Waals surface area (Å²) in [6.45, 7) is -1.70. The highest BCUT2D eigenvalue weighted by Gasteiger charge is 2.06. The molecule has 0 bridgehead atoms. The second kappa shape index (κ2) is 8.47. The van der Waals surface area contributed by atoms with Crippen LogP contribution in [0.15, 0.2) is 60.8 Å². The van der Waals surface area contributed by atoms with Gasteiger partial charge in [-0.15, -0.1) is 0 Å². The van der Waals surface area contributed by atoms with Gasteiger partial charge in [-0.3, -0.25) is 4.79 Å². The molecule has 0 unspecified atom stereocenters. The minimum Gasteiger partial charge on any atom is -0.435 e. The van der Waals surface area contributed by atoms with Crippen LogP contribution in [0.3, 0.4) is 0 Å². The van der Waals surface area contributed by atoms with Crippen molar-refractivity contribution >= 4 is 16.8 Å². The van der Waals surface area contributed by atoms with E-state index >= 15 is 0 Å². The van der Waals surface area contributed by atoms with Crippen molar-refractivity contribution in [3.8, 4) is 5.75 Å². The van der Waals surface area contributed by atoms with Crippen LogP contribution in [0.4, 0.5) is 8.78 Å². The summed E-state index contributed by atoms with van der Waals surface area (Å²) in [5, 5.41) is 4.04. The fraction of sp³-hybridized carbons (Fsp3) is 0.250. The fourth-order valence-corrected chi connectivity index (χ4v) is 2.83. The Bertz CT molecular complexity index is 860. The lowest BCUT2D eigenvalue weighted by Crippen LogP contribution is -2.26. The number of para-hydroxylation sites is 1. The van der Waals surface area contributed by atoms with Gasteiger partial charge in [-0.05, 0) is 41.6 Å². The quantitative estimate of drug-likeness (QED) is 0.662. The first-order valence-corrected chi connectivity index (χ1v) is 8.46. The van der Waals surface area contributed by atoms with Crippen molar-refractivity contribution in [1.82, 2.24) is 9.88 Å². The average molecular weight is 358 g/mol. The molecule has 0 saturated carbocycles. The summed E-state index contributed by atoms with van der Waals surface area (Å²) in [6.07, 6.45) is 3.02. The molecule has 1 amide bonds. The zero-order valence-corrected chi connectivity index (χ0v) is 14.2. The summed E-state index contributed by atoms with van der Waals surface area (Å²) in [7, 11) is 0. The maximum absolute atomic E-state index is 12.1. The number of alkyl halides is 2. The predicted molar refractivity (Wildman–Crippen MR) is 96.3 cm³/mol. The Morgan fingerprint density at radius 2 is 1.85 bits per heavy atom. The number of halogens is 2. The molecule has 26 heavy (non-hydrogen) atoms. The maximum atomic E-state index is 12.1. The van der Waals surface area contributed by atoms with Crippen LogP contribution in [-0.2, 0) is 17.8 Å². The monoisotopic (exact) mass is 358 g/mol. The summed E-state index contributed by atoms with van der Waals surface area (Å²) < 4.78 is 30.6. The molecule has 136 valence electrons. The second-order valence-electron chi connectivity index (χ2n) is 5.94. The van der Waals surface area contributed by atoms with E-state index in [4.69, 9.17) is 0 Å². The molecule has 0 fully saturated rings. The fourth-order valence-electron chi connectivity index (χ4n) is 2.83. The van der Waals surface area contributed by atoms with E-state index in [0.29, 0.717) is 25.9 Å². The number of hydrogen-bond donors (Lipinski definition) is 1. The van der Waals surface area contributed by atoms with Crippen LogP contribution in [0.2, 0.25) is 0 Å². The zero-order chi connectivity index (χ0) is 18.4. The van der Waals surface area contributed by atoms with E-state index in [1.165, 1.54) is 12.1 Å². The number of nitrogens with zero attached hydrogens (tertiary/aromatic N) is 1. The van der Waals surface area contributed by atoms with E-state index < -0.39 is 6.61 Å². The number of hydrogen-bond acceptors (Lipinski definition) is 2. The van der Waals surface area contributed by atoms with Gasteiger partial charge in [0.15, 0.2) is 0 Å². The van der Waals surface area contributed by atoms with Crippen LogP contribution < -0.4 is 10.1 Å². The van der Waals surface area contributed by atoms with Gasteiger partial charge >= 0.3 is 6.61 Å². The lowest BCUT2D eigenvalue weighted by molar-refractivity contribution is -0.121. The van der Waals surface area contributed by atoms with Gasteiger partial charge in [0.2, 0.25) is 5.91 Å². The van der Waals surface area contributed by atoms with Crippen molar-refractivity contribution in [2.75, 3.05) is 6.54 Å². The van der Waals surface area contributed by atoms with Crippen molar-refractivity contribution in [3.63, 3.8) is 0 Å². The molecule has 0 aliphatic carbocycles. The highest BCUT2D eigenvalue weighted by molar-refractivity contribution is 5.80. The van der Waals surface area contributed by atoms with Gasteiger partial charge in [0.05, 0.1) is 0 Å². The Morgan fingerprint density at radius 1 is 1.08 bits per heavy atom. The van der Waals surface area contributed by atoms with E-state index in [1.54, 1.807) is 12.1 Å². The van der Waals surface area contributed by atoms with Crippen molar-refractivity contribution < 1.29 is 18.3 Å². The first kappa shape index (κ1) is 17.9. The van der Waals surface area contributed by atoms with Gasteiger partial charge < -0.3 is 14.6 Å². The standard InChI is InChI=1S/C20H20F2N2O2/c21-20(22)26-17-7-5-15(6-8-17)9-12-23-19(25)11-14-24-13-10-16-3-1-2-4-18(16)24/h1-8,10,13,20H,9,11-12,14H2,(H,23,25). The van der Waals surface area contributed by atoms with Crippen LogP contribution >= 0.6 is 0 Å². The number of benzene rings is 2. The lowest BCUT2D eigenvalue weighted by Gasteiger charge is -2.08. The smallest absolute Gasteiger partial charge is 0.387 e. The molecule has 6 heteroatoms. The van der Waals surface area contributed by atoms with Gasteiger partial charge in [-0.1, -0.05) is 30.3 Å². The summed E-state index contributed by atoms with van der Waals surface area (Å²) in [5.74, 6) is 0.118. The topological polar surface area (TPSA) is 43.3 Å². The largest absolute Gasteiger partial charge is 0.435 e. The third kappa shape index (κ3) is 4.81. The second-order valence-corrected chi connectivity index (χ2v) is 5.94. The molecule has 1 aromatic heterocycles. The Morgan fingerprint density at radius 3 is 2.62 bits per heavy atom. The van der Waals surface area contributed by atoms with Crippen molar-refractivity contribution in [2.24, 2.45) is 0 Å². The summed E-state index contributed by atoms with van der Waals surface area (Å²) >= 11 is 0. The molecular formula is C20H20F2N2O2. The zero-order valence-electron chi connectivity index (χ0n) is 14.2. The molecule has 3 aromatic rings. The summed E-state index contributed by atoms with van der Waals surface area (Å²) in [6, 6.07) is 16.5. The molecule has 4 nitrogen and oxygen atoms in total. The highest BCUT2D eigenvalue weighted by Crippen LogP contribution is 2.16. The van der Waals surface area contributed by atoms with Gasteiger partial charge in [0.1, 0.15) is 5.75 Å². The molecule has 0 aliphatic heterocycles. The molecule has 0 radical (unpaired) electrons. The first-order chi connectivity index (χ1) is 12.6. The predicted octanol–water partition coefficient (Wildman–Crippen LogP) is 3.99. The van der Waals surface area contributed by atoms with E-state index in [9.17, 15) is 13.6 Å². The van der Waals surface area contributed by atoms with Crippen LogP contribution in [-0.4, -0.2) is 23.6 Å². The van der Waals surface area contributed by atoms with Crippen LogP contribution in [0.1, 0.15) is 12.0 Å². The van der Waals surface area contributed by atoms with Crippen molar-refractivity contribution in [3.05, 3.63) is 66.4 Å². The summed E-state index contributed by atoms with van der Waals surface area (Å²) in [4.78, 5) is 12.0. The number of amides is 1. The Labute approximate surface area is 150 Å². The van der Waals surface area contributed by atoms with E-state index in [-0.39, 0.29) is 11.7 Å². The minimum absolute atomic E-state index is 0.0135. The molecule has 1 heterocycles. The number of fused-ring (bicyclic) bond motifs is 1. The molecule has 0 spiro atoms. The SMILES string of the molecule is O=C(CCn1ccc2ccccc21)NCCc1ccc(OC(F)F)cc1. The van der Waals surface area contributed by atoms with Crippen LogP contribution in [0.25, 0.3) is 10.9 Å². The third-order valence-corrected chi connectivity index (χ3v) is 4.14. The number of aromatic nitrogens is 1.